The summed E-state index contributed by atoms with van der Waals surface area (Å²) in [6.45, 7) is -6.49. The highest BCUT2D eigenvalue weighted by Gasteiger charge is 2.27. The third-order valence-electron chi connectivity index (χ3n) is 2.81. The molecule has 0 unspecified atom stereocenters. The Morgan fingerprint density at radius 3 is 2.29 bits per heavy atom. The van der Waals surface area contributed by atoms with Crippen molar-refractivity contribution in [1.82, 2.24) is 9.78 Å². The zero-order valence-corrected chi connectivity index (χ0v) is 13.2. The summed E-state index contributed by atoms with van der Waals surface area (Å²) in [5, 5.41) is 2.72. The lowest BCUT2D eigenvalue weighted by molar-refractivity contribution is -0.0553. The van der Waals surface area contributed by atoms with E-state index in [1.54, 1.807) is 0 Å². The molecule has 132 valence electrons. The fourth-order valence-corrected chi connectivity index (χ4v) is 2.47. The standard InChI is InChI=1S/C12H8Cl2F5N3O2/c1-22-10(24-12(18)19)6(14)8(21-22)5-4(15)2-3(13)9(7(5)20)23-11(16)17/h2,11-12H,20H2,1H3. The van der Waals surface area contributed by atoms with E-state index in [4.69, 9.17) is 28.9 Å². The Morgan fingerprint density at radius 2 is 1.75 bits per heavy atom. The van der Waals surface area contributed by atoms with Gasteiger partial charge in [0.2, 0.25) is 5.88 Å². The Morgan fingerprint density at radius 1 is 1.17 bits per heavy atom. The number of alkyl halides is 4. The van der Waals surface area contributed by atoms with Gasteiger partial charge >= 0.3 is 13.2 Å². The van der Waals surface area contributed by atoms with Gasteiger partial charge in [-0.05, 0) is 6.07 Å². The van der Waals surface area contributed by atoms with Gasteiger partial charge in [0.05, 0.1) is 16.3 Å². The highest BCUT2D eigenvalue weighted by molar-refractivity contribution is 6.35. The maximum Gasteiger partial charge on any atom is 0.388 e. The summed E-state index contributed by atoms with van der Waals surface area (Å²) < 4.78 is 72.9. The number of anilines is 1. The second-order valence-electron chi connectivity index (χ2n) is 4.31. The van der Waals surface area contributed by atoms with Gasteiger partial charge in [-0.15, -0.1) is 0 Å². The quantitative estimate of drug-likeness (QED) is 0.608. The molecule has 0 saturated carbocycles. The molecule has 0 amide bonds. The van der Waals surface area contributed by atoms with E-state index in [0.717, 1.165) is 4.68 Å². The number of ether oxygens (including phenoxy) is 2. The van der Waals surface area contributed by atoms with Crippen LogP contribution in [0.25, 0.3) is 11.3 Å². The van der Waals surface area contributed by atoms with Gasteiger partial charge in [-0.25, -0.2) is 9.07 Å². The van der Waals surface area contributed by atoms with Crippen molar-refractivity contribution in [2.45, 2.75) is 13.2 Å². The van der Waals surface area contributed by atoms with E-state index in [2.05, 4.69) is 14.6 Å². The van der Waals surface area contributed by atoms with Crippen LogP contribution >= 0.6 is 23.2 Å². The number of aromatic nitrogens is 2. The second kappa shape index (κ2) is 6.89. The van der Waals surface area contributed by atoms with Crippen LogP contribution < -0.4 is 15.2 Å². The van der Waals surface area contributed by atoms with Crippen LogP contribution in [0.3, 0.4) is 0 Å². The number of hydrogen-bond donors (Lipinski definition) is 1. The molecule has 0 aliphatic rings. The van der Waals surface area contributed by atoms with Crippen molar-refractivity contribution in [2.75, 3.05) is 5.73 Å². The molecule has 0 bridgehead atoms. The topological polar surface area (TPSA) is 62.3 Å². The van der Waals surface area contributed by atoms with Crippen molar-refractivity contribution in [3.63, 3.8) is 0 Å². The molecule has 12 heteroatoms. The Bertz CT molecular complexity index is 770. The number of nitrogen functional groups attached to an aromatic ring is 1. The fraction of sp³-hybridized carbons (Fsp3) is 0.250. The minimum absolute atomic E-state index is 0.402. The summed E-state index contributed by atoms with van der Waals surface area (Å²) in [5.74, 6) is -2.32. The van der Waals surface area contributed by atoms with Crippen LogP contribution in [0.4, 0.5) is 27.6 Å². The van der Waals surface area contributed by atoms with E-state index in [1.807, 2.05) is 0 Å². The summed E-state index contributed by atoms with van der Waals surface area (Å²) in [4.78, 5) is 0. The molecular formula is C12H8Cl2F5N3O2. The third kappa shape index (κ3) is 3.44. The first-order chi connectivity index (χ1) is 11.1. The van der Waals surface area contributed by atoms with Gasteiger partial charge in [0.1, 0.15) is 16.5 Å². The molecule has 1 aromatic carbocycles. The van der Waals surface area contributed by atoms with E-state index in [9.17, 15) is 22.0 Å². The number of aryl methyl sites for hydroxylation is 1. The number of nitrogens with two attached hydrogens (primary N) is 1. The number of benzene rings is 1. The lowest BCUT2D eigenvalue weighted by Gasteiger charge is -2.13. The Balaban J connectivity index is 2.65. The van der Waals surface area contributed by atoms with Gasteiger partial charge in [0.15, 0.2) is 5.75 Å². The predicted molar refractivity (Wildman–Crippen MR) is 76.3 cm³/mol. The molecule has 5 nitrogen and oxygen atoms in total. The maximum absolute atomic E-state index is 14.2. The van der Waals surface area contributed by atoms with Gasteiger partial charge in [-0.3, -0.25) is 0 Å². The monoisotopic (exact) mass is 391 g/mol. The van der Waals surface area contributed by atoms with E-state index < -0.39 is 57.7 Å². The number of rotatable bonds is 5. The van der Waals surface area contributed by atoms with Crippen LogP contribution in [-0.4, -0.2) is 23.0 Å². The molecule has 1 aromatic heterocycles. The van der Waals surface area contributed by atoms with Crippen molar-refractivity contribution in [2.24, 2.45) is 7.05 Å². The Hall–Kier alpha value is -1.94. The molecule has 24 heavy (non-hydrogen) atoms. The Labute approximate surface area is 141 Å². The van der Waals surface area contributed by atoms with Crippen LogP contribution in [0.15, 0.2) is 6.07 Å². The third-order valence-corrected chi connectivity index (χ3v) is 3.43. The van der Waals surface area contributed by atoms with Crippen LogP contribution in [0, 0.1) is 5.82 Å². The zero-order chi connectivity index (χ0) is 18.2. The molecule has 2 rings (SSSR count). The maximum atomic E-state index is 14.2. The number of nitrogens with zero attached hydrogens (tertiary/aromatic N) is 2. The lowest BCUT2D eigenvalue weighted by Crippen LogP contribution is -2.07. The van der Waals surface area contributed by atoms with Crippen LogP contribution in [0.5, 0.6) is 11.6 Å². The minimum Gasteiger partial charge on any atom is -0.431 e. The summed E-state index contributed by atoms with van der Waals surface area (Å²) in [7, 11) is 1.20. The highest BCUT2D eigenvalue weighted by atomic mass is 35.5. The molecule has 0 atom stereocenters. The number of hydrogen-bond acceptors (Lipinski definition) is 4. The molecule has 0 aliphatic carbocycles. The average molecular weight is 392 g/mol. The minimum atomic E-state index is -3.28. The van der Waals surface area contributed by atoms with Gasteiger partial charge in [-0.2, -0.15) is 22.7 Å². The smallest absolute Gasteiger partial charge is 0.388 e. The first-order valence-electron chi connectivity index (χ1n) is 6.03. The fourth-order valence-electron chi connectivity index (χ4n) is 1.92. The first-order valence-corrected chi connectivity index (χ1v) is 6.79. The van der Waals surface area contributed by atoms with E-state index >= 15 is 0 Å². The molecular weight excluding hydrogens is 384 g/mol. The van der Waals surface area contributed by atoms with Crippen molar-refractivity contribution in [1.29, 1.82) is 0 Å². The van der Waals surface area contributed by atoms with Gasteiger partial charge in [-0.1, -0.05) is 23.2 Å². The van der Waals surface area contributed by atoms with Crippen LogP contribution in [-0.2, 0) is 7.05 Å². The largest absolute Gasteiger partial charge is 0.431 e. The molecule has 1 heterocycles. The van der Waals surface area contributed by atoms with Crippen molar-refractivity contribution in [3.8, 4) is 22.9 Å². The van der Waals surface area contributed by atoms with Crippen LogP contribution in [0.2, 0.25) is 10.0 Å². The Kier molecular flexibility index (Phi) is 5.29. The molecule has 0 saturated heterocycles. The normalized spacial score (nSPS) is 11.4. The van der Waals surface area contributed by atoms with Crippen molar-refractivity contribution >= 4 is 28.9 Å². The van der Waals surface area contributed by atoms with Crippen LogP contribution in [0.1, 0.15) is 0 Å². The van der Waals surface area contributed by atoms with E-state index in [1.165, 1.54) is 7.05 Å². The molecule has 0 spiro atoms. The average Bonchev–Trinajstić information content (AvgIpc) is 2.71. The molecule has 2 N–H and O–H groups in total. The second-order valence-corrected chi connectivity index (χ2v) is 5.09. The predicted octanol–water partition coefficient (Wildman–Crippen LogP) is 4.32. The molecule has 2 aromatic rings. The zero-order valence-electron chi connectivity index (χ0n) is 11.7. The molecule has 0 aliphatic heterocycles. The van der Waals surface area contributed by atoms with Crippen molar-refractivity contribution < 1.29 is 31.4 Å². The summed E-state index contributed by atoms with van der Waals surface area (Å²) >= 11 is 11.5. The van der Waals surface area contributed by atoms with E-state index in [-0.39, 0.29) is 0 Å². The first kappa shape index (κ1) is 18.4. The van der Waals surface area contributed by atoms with Crippen molar-refractivity contribution in [3.05, 3.63) is 21.9 Å². The highest BCUT2D eigenvalue weighted by Crippen LogP contribution is 2.45. The van der Waals surface area contributed by atoms with E-state index in [0.29, 0.717) is 6.07 Å². The van der Waals surface area contributed by atoms with Gasteiger partial charge < -0.3 is 15.2 Å². The molecule has 0 radical (unpaired) electrons. The number of halogens is 7. The molecule has 0 fully saturated rings. The van der Waals surface area contributed by atoms with Gasteiger partial charge in [0, 0.05) is 7.05 Å². The summed E-state index contributed by atoms with van der Waals surface area (Å²) in [6, 6.07) is 0.656. The summed E-state index contributed by atoms with van der Waals surface area (Å²) in [5.41, 5.74) is 4.05. The lowest BCUT2D eigenvalue weighted by atomic mass is 10.1. The van der Waals surface area contributed by atoms with Gasteiger partial charge in [0.25, 0.3) is 0 Å². The SMILES string of the molecule is Cn1nc(-c2c(F)cc(Cl)c(OC(F)F)c2N)c(Cl)c1OC(F)F. The summed E-state index contributed by atoms with van der Waals surface area (Å²) in [6.07, 6.45) is 0.